The maximum Gasteiger partial charge on any atom is 0.227 e. The summed E-state index contributed by atoms with van der Waals surface area (Å²) < 4.78 is 11.1. The van der Waals surface area contributed by atoms with Crippen molar-refractivity contribution in [3.63, 3.8) is 0 Å². The van der Waals surface area contributed by atoms with Gasteiger partial charge in [0.25, 0.3) is 0 Å². The molecule has 0 aliphatic rings. The molecule has 0 radical (unpaired) electrons. The van der Waals surface area contributed by atoms with Crippen LogP contribution in [-0.4, -0.2) is 24.1 Å². The monoisotopic (exact) mass is 273 g/mol. The highest BCUT2D eigenvalue weighted by molar-refractivity contribution is 5.49. The van der Waals surface area contributed by atoms with E-state index in [4.69, 9.17) is 9.47 Å². The molecule has 0 saturated heterocycles. The fourth-order valence-corrected chi connectivity index (χ4v) is 1.95. The average molecular weight is 273 g/mol. The number of ether oxygens (including phenoxy) is 2. The third kappa shape index (κ3) is 3.17. The van der Waals surface area contributed by atoms with Gasteiger partial charge in [0, 0.05) is 13.1 Å². The zero-order valence-corrected chi connectivity index (χ0v) is 12.0. The van der Waals surface area contributed by atoms with Crippen LogP contribution < -0.4 is 14.8 Å². The van der Waals surface area contributed by atoms with Crippen LogP contribution in [0.3, 0.4) is 0 Å². The summed E-state index contributed by atoms with van der Waals surface area (Å²) in [7, 11) is 3.47. The number of anilines is 1. The highest BCUT2D eigenvalue weighted by Crippen LogP contribution is 2.29. The second kappa shape index (κ2) is 6.75. The molecule has 2 rings (SSSR count). The lowest BCUT2D eigenvalue weighted by molar-refractivity contribution is 0.406. The summed E-state index contributed by atoms with van der Waals surface area (Å²) in [4.78, 5) is 8.47. The molecular formula is C15H19N3O2. The smallest absolute Gasteiger partial charge is 0.227 e. The van der Waals surface area contributed by atoms with Crippen LogP contribution in [0.15, 0.2) is 30.6 Å². The number of rotatable bonds is 6. The molecule has 0 spiro atoms. The van der Waals surface area contributed by atoms with Crippen molar-refractivity contribution in [3.8, 4) is 17.4 Å². The van der Waals surface area contributed by atoms with Crippen LogP contribution in [0, 0.1) is 0 Å². The van der Waals surface area contributed by atoms with E-state index in [-0.39, 0.29) is 0 Å². The molecule has 20 heavy (non-hydrogen) atoms. The molecule has 0 amide bonds. The Labute approximate surface area is 119 Å². The fraction of sp³-hybridized carbons (Fsp3) is 0.333. The second-order valence-electron chi connectivity index (χ2n) is 4.29. The molecule has 5 nitrogen and oxygen atoms in total. The minimum absolute atomic E-state index is 0.583. The van der Waals surface area contributed by atoms with E-state index in [1.54, 1.807) is 7.11 Å². The van der Waals surface area contributed by atoms with Gasteiger partial charge in [-0.3, -0.25) is 0 Å². The van der Waals surface area contributed by atoms with Gasteiger partial charge in [-0.1, -0.05) is 19.4 Å². The van der Waals surface area contributed by atoms with Gasteiger partial charge in [-0.15, -0.1) is 0 Å². The molecule has 0 aliphatic heterocycles. The minimum atomic E-state index is 0.583. The molecule has 0 unspecified atom stereocenters. The lowest BCUT2D eigenvalue weighted by Crippen LogP contribution is -2.03. The zero-order chi connectivity index (χ0) is 14.4. The van der Waals surface area contributed by atoms with Gasteiger partial charge in [-0.05, 0) is 18.6 Å². The fourth-order valence-electron chi connectivity index (χ4n) is 1.95. The normalized spacial score (nSPS) is 10.2. The van der Waals surface area contributed by atoms with Crippen molar-refractivity contribution in [2.45, 2.75) is 19.8 Å². The Kier molecular flexibility index (Phi) is 4.76. The molecule has 1 N–H and O–H groups in total. The Morgan fingerprint density at radius 3 is 2.70 bits per heavy atom. The third-order valence-corrected chi connectivity index (χ3v) is 2.90. The van der Waals surface area contributed by atoms with Gasteiger partial charge in [-0.25, -0.2) is 9.97 Å². The maximum atomic E-state index is 5.88. The Bertz CT molecular complexity index is 573. The number of nitrogens with zero attached hydrogens (tertiary/aromatic N) is 2. The van der Waals surface area contributed by atoms with Crippen LogP contribution in [0.25, 0.3) is 0 Å². The summed E-state index contributed by atoms with van der Waals surface area (Å²) in [5.74, 6) is 2.84. The van der Waals surface area contributed by atoms with Crippen LogP contribution in [0.1, 0.15) is 18.9 Å². The van der Waals surface area contributed by atoms with Crippen LogP contribution in [0.5, 0.6) is 17.4 Å². The molecule has 2 aromatic rings. The molecule has 106 valence electrons. The quantitative estimate of drug-likeness (QED) is 0.875. The molecule has 1 aromatic carbocycles. The largest absolute Gasteiger partial charge is 0.497 e. The predicted octanol–water partition coefficient (Wildman–Crippen LogP) is 3.27. The molecule has 1 heterocycles. The lowest BCUT2D eigenvalue weighted by Gasteiger charge is -2.13. The van der Waals surface area contributed by atoms with Crippen molar-refractivity contribution < 1.29 is 9.47 Å². The number of benzene rings is 1. The first kappa shape index (κ1) is 14.1. The van der Waals surface area contributed by atoms with Gasteiger partial charge in [0.05, 0.1) is 12.7 Å². The minimum Gasteiger partial charge on any atom is -0.497 e. The van der Waals surface area contributed by atoms with Crippen molar-refractivity contribution in [2.75, 3.05) is 19.5 Å². The van der Waals surface area contributed by atoms with Gasteiger partial charge in [-0.2, -0.15) is 0 Å². The van der Waals surface area contributed by atoms with Crippen molar-refractivity contribution in [1.82, 2.24) is 9.97 Å². The Morgan fingerprint density at radius 2 is 2.00 bits per heavy atom. The van der Waals surface area contributed by atoms with E-state index in [1.807, 2.05) is 31.3 Å². The summed E-state index contributed by atoms with van der Waals surface area (Å²) in [5, 5.41) is 3.07. The van der Waals surface area contributed by atoms with Gasteiger partial charge in [0.1, 0.15) is 23.6 Å². The average Bonchev–Trinajstić information content (AvgIpc) is 2.49. The Morgan fingerprint density at radius 1 is 1.20 bits per heavy atom. The highest BCUT2D eigenvalue weighted by atomic mass is 16.5. The molecular weight excluding hydrogens is 254 g/mol. The highest BCUT2D eigenvalue weighted by Gasteiger charge is 2.12. The number of hydrogen-bond acceptors (Lipinski definition) is 5. The SMILES string of the molecule is CCCc1c(NC)ncnc1Oc1cccc(OC)c1. The van der Waals surface area contributed by atoms with Gasteiger partial charge in [0.2, 0.25) is 5.88 Å². The van der Waals surface area contributed by atoms with Gasteiger partial charge >= 0.3 is 0 Å². The number of methoxy groups -OCH3 is 1. The maximum absolute atomic E-state index is 5.88. The van der Waals surface area contributed by atoms with E-state index in [2.05, 4.69) is 22.2 Å². The van der Waals surface area contributed by atoms with Crippen molar-refractivity contribution in [3.05, 3.63) is 36.2 Å². The standard InChI is InChI=1S/C15H19N3O2/c1-4-6-13-14(16-2)17-10-18-15(13)20-12-8-5-7-11(9-12)19-3/h5,7-10H,4,6H2,1-3H3,(H,16,17,18). The third-order valence-electron chi connectivity index (χ3n) is 2.90. The van der Waals surface area contributed by atoms with Crippen LogP contribution >= 0.6 is 0 Å². The Balaban J connectivity index is 2.32. The van der Waals surface area contributed by atoms with E-state index < -0.39 is 0 Å². The van der Waals surface area contributed by atoms with Gasteiger partial charge < -0.3 is 14.8 Å². The Hall–Kier alpha value is -2.30. The van der Waals surface area contributed by atoms with Crippen molar-refractivity contribution in [1.29, 1.82) is 0 Å². The van der Waals surface area contributed by atoms with Crippen LogP contribution in [0.4, 0.5) is 5.82 Å². The van der Waals surface area contributed by atoms with E-state index >= 15 is 0 Å². The zero-order valence-electron chi connectivity index (χ0n) is 12.0. The first-order valence-electron chi connectivity index (χ1n) is 6.62. The number of aromatic nitrogens is 2. The lowest BCUT2D eigenvalue weighted by atomic mass is 10.1. The summed E-state index contributed by atoms with van der Waals surface area (Å²) in [6, 6.07) is 7.46. The first-order chi connectivity index (χ1) is 9.78. The van der Waals surface area contributed by atoms with Crippen LogP contribution in [0.2, 0.25) is 0 Å². The van der Waals surface area contributed by atoms with E-state index in [0.29, 0.717) is 11.6 Å². The predicted molar refractivity (Wildman–Crippen MR) is 78.6 cm³/mol. The van der Waals surface area contributed by atoms with E-state index in [0.717, 1.165) is 30.0 Å². The summed E-state index contributed by atoms with van der Waals surface area (Å²) in [6.45, 7) is 2.11. The molecule has 1 aromatic heterocycles. The summed E-state index contributed by atoms with van der Waals surface area (Å²) in [6.07, 6.45) is 3.35. The van der Waals surface area contributed by atoms with E-state index in [1.165, 1.54) is 6.33 Å². The number of nitrogens with one attached hydrogen (secondary N) is 1. The molecule has 0 bridgehead atoms. The molecule has 0 atom stereocenters. The molecule has 5 heteroatoms. The first-order valence-corrected chi connectivity index (χ1v) is 6.62. The number of hydrogen-bond donors (Lipinski definition) is 1. The van der Waals surface area contributed by atoms with E-state index in [9.17, 15) is 0 Å². The summed E-state index contributed by atoms with van der Waals surface area (Å²) >= 11 is 0. The molecule has 0 fully saturated rings. The molecule has 0 aliphatic carbocycles. The molecule has 0 saturated carbocycles. The topological polar surface area (TPSA) is 56.3 Å². The van der Waals surface area contributed by atoms with Gasteiger partial charge in [0.15, 0.2) is 0 Å². The van der Waals surface area contributed by atoms with Crippen molar-refractivity contribution in [2.24, 2.45) is 0 Å². The van der Waals surface area contributed by atoms with Crippen LogP contribution in [-0.2, 0) is 6.42 Å². The second-order valence-corrected chi connectivity index (χ2v) is 4.29. The summed E-state index contributed by atoms with van der Waals surface area (Å²) in [5.41, 5.74) is 0.986. The van der Waals surface area contributed by atoms with Crippen molar-refractivity contribution >= 4 is 5.82 Å².